The summed E-state index contributed by atoms with van der Waals surface area (Å²) in [5.41, 5.74) is 6.96. The summed E-state index contributed by atoms with van der Waals surface area (Å²) in [7, 11) is -3.59. The summed E-state index contributed by atoms with van der Waals surface area (Å²) in [5, 5.41) is 1.27. The van der Waals surface area contributed by atoms with E-state index in [1.165, 1.54) is 40.2 Å². The molecule has 0 atom stereocenters. The molecule has 0 spiro atoms. The molecule has 0 radical (unpaired) electrons. The van der Waals surface area contributed by atoms with Gasteiger partial charge in [-0.25, -0.2) is 8.42 Å². The third kappa shape index (κ3) is 4.40. The smallest absolute Gasteiger partial charge is 0.243 e. The van der Waals surface area contributed by atoms with Crippen molar-refractivity contribution in [1.29, 1.82) is 0 Å². The fourth-order valence-corrected chi connectivity index (χ4v) is 7.00. The molecule has 1 saturated heterocycles. The predicted octanol–water partition coefficient (Wildman–Crippen LogP) is 6.08. The number of rotatable bonds is 6. The molecule has 0 unspecified atom stereocenters. The van der Waals surface area contributed by atoms with Gasteiger partial charge in [-0.3, -0.25) is 4.79 Å². The number of fused-ring (bicyclic) bond motifs is 1. The van der Waals surface area contributed by atoms with E-state index in [1.54, 1.807) is 28.6 Å². The summed E-state index contributed by atoms with van der Waals surface area (Å²) in [6.45, 7) is 7.63. The minimum Gasteiger partial charge on any atom is -0.340 e. The molecule has 5 rings (SSSR count). The van der Waals surface area contributed by atoms with Gasteiger partial charge in [0, 0.05) is 41.8 Å². The lowest BCUT2D eigenvalue weighted by atomic mass is 9.88. The van der Waals surface area contributed by atoms with Crippen molar-refractivity contribution in [2.75, 3.05) is 13.1 Å². The van der Waals surface area contributed by atoms with E-state index < -0.39 is 10.0 Å². The molecule has 1 aromatic heterocycles. The number of para-hydroxylation sites is 1. The Labute approximate surface area is 213 Å². The maximum absolute atomic E-state index is 13.3. The van der Waals surface area contributed by atoms with Crippen LogP contribution in [-0.2, 0) is 16.6 Å². The van der Waals surface area contributed by atoms with Crippen molar-refractivity contribution in [3.05, 3.63) is 101 Å². The summed E-state index contributed by atoms with van der Waals surface area (Å²) in [4.78, 5) is 11.8. The highest BCUT2D eigenvalue weighted by atomic mass is 32.2. The first-order chi connectivity index (χ1) is 17.3. The molecule has 1 fully saturated rings. The van der Waals surface area contributed by atoms with Crippen LogP contribution in [-0.4, -0.2) is 36.2 Å². The van der Waals surface area contributed by atoms with E-state index in [0.29, 0.717) is 24.6 Å². The second-order valence-corrected chi connectivity index (χ2v) is 11.7. The number of piperidine rings is 1. The number of hydrogen-bond acceptors (Lipinski definition) is 3. The van der Waals surface area contributed by atoms with Crippen LogP contribution >= 0.6 is 0 Å². The zero-order valence-electron chi connectivity index (χ0n) is 21.1. The Balaban J connectivity index is 1.40. The number of nitrogens with zero attached hydrogens (tertiary/aromatic N) is 2. The van der Waals surface area contributed by atoms with Crippen molar-refractivity contribution >= 4 is 26.7 Å². The van der Waals surface area contributed by atoms with Crippen molar-refractivity contribution in [3.63, 3.8) is 0 Å². The number of aromatic nitrogens is 1. The summed E-state index contributed by atoms with van der Waals surface area (Å²) in [6.07, 6.45) is 1.56. The van der Waals surface area contributed by atoms with Crippen LogP contribution in [0.3, 0.4) is 0 Å². The van der Waals surface area contributed by atoms with Gasteiger partial charge in [0.2, 0.25) is 10.0 Å². The van der Waals surface area contributed by atoms with E-state index in [4.69, 9.17) is 0 Å². The number of aryl methyl sites for hydroxylation is 1. The highest BCUT2D eigenvalue weighted by Crippen LogP contribution is 2.38. The summed E-state index contributed by atoms with van der Waals surface area (Å²) >= 11 is 0. The second-order valence-electron chi connectivity index (χ2n) is 9.79. The summed E-state index contributed by atoms with van der Waals surface area (Å²) < 4.78 is 30.5. The van der Waals surface area contributed by atoms with Gasteiger partial charge in [-0.05, 0) is 74.4 Å². The van der Waals surface area contributed by atoms with E-state index >= 15 is 0 Å². The number of benzene rings is 3. The number of ketones is 1. The number of carbonyl (C=O) groups excluding carboxylic acids is 1. The fourth-order valence-electron chi connectivity index (χ4n) is 5.53. The van der Waals surface area contributed by atoms with Gasteiger partial charge in [-0.15, -0.1) is 0 Å². The average molecular weight is 501 g/mol. The molecule has 5 nitrogen and oxygen atoms in total. The SMILES string of the molecule is CC(=O)c1ccc(S(=O)(=O)N2CCC(c3c(C)n(Cc4ccccc4C)c4ccccc34)CC2)cc1. The van der Waals surface area contributed by atoms with Gasteiger partial charge in [-0.1, -0.05) is 54.6 Å². The van der Waals surface area contributed by atoms with Gasteiger partial charge < -0.3 is 4.57 Å². The van der Waals surface area contributed by atoms with Crippen molar-refractivity contribution in [1.82, 2.24) is 8.87 Å². The zero-order valence-corrected chi connectivity index (χ0v) is 21.9. The molecule has 186 valence electrons. The summed E-state index contributed by atoms with van der Waals surface area (Å²) in [5.74, 6) is 0.233. The Bertz CT molecular complexity index is 1530. The first-order valence-corrected chi connectivity index (χ1v) is 13.9. The van der Waals surface area contributed by atoms with Crippen LogP contribution in [0.4, 0.5) is 0 Å². The molecule has 2 heterocycles. The lowest BCUT2D eigenvalue weighted by molar-refractivity contribution is 0.101. The van der Waals surface area contributed by atoms with Crippen molar-refractivity contribution in [3.8, 4) is 0 Å². The highest BCUT2D eigenvalue weighted by molar-refractivity contribution is 7.89. The van der Waals surface area contributed by atoms with Crippen LogP contribution in [0.1, 0.15) is 58.4 Å². The molecule has 3 aromatic carbocycles. The van der Waals surface area contributed by atoms with Crippen LogP contribution in [0, 0.1) is 13.8 Å². The number of hydrogen-bond donors (Lipinski definition) is 0. The Morgan fingerprint density at radius 1 is 0.889 bits per heavy atom. The van der Waals surface area contributed by atoms with Crippen LogP contribution in [0.5, 0.6) is 0 Å². The topological polar surface area (TPSA) is 59.4 Å². The molecule has 0 saturated carbocycles. The van der Waals surface area contributed by atoms with Crippen LogP contribution in [0.25, 0.3) is 10.9 Å². The lowest BCUT2D eigenvalue weighted by Crippen LogP contribution is -2.38. The molecular weight excluding hydrogens is 468 g/mol. The van der Waals surface area contributed by atoms with Gasteiger partial charge in [0.1, 0.15) is 0 Å². The Kier molecular flexibility index (Phi) is 6.58. The Morgan fingerprint density at radius 2 is 1.53 bits per heavy atom. The van der Waals surface area contributed by atoms with Crippen molar-refractivity contribution in [2.24, 2.45) is 0 Å². The minimum absolute atomic E-state index is 0.0725. The molecule has 6 heteroatoms. The summed E-state index contributed by atoms with van der Waals surface area (Å²) in [6, 6.07) is 23.3. The van der Waals surface area contributed by atoms with Crippen molar-refractivity contribution in [2.45, 2.75) is 51.0 Å². The Hall–Kier alpha value is -3.22. The second kappa shape index (κ2) is 9.68. The molecule has 1 aliphatic rings. The monoisotopic (exact) mass is 500 g/mol. The normalized spacial score (nSPS) is 15.4. The van der Waals surface area contributed by atoms with E-state index in [1.807, 2.05) is 0 Å². The van der Waals surface area contributed by atoms with Crippen LogP contribution < -0.4 is 0 Å². The maximum Gasteiger partial charge on any atom is 0.243 e. The first kappa shape index (κ1) is 24.5. The number of sulfonamides is 1. The van der Waals surface area contributed by atoms with Gasteiger partial charge in [0.05, 0.1) is 4.90 Å². The van der Waals surface area contributed by atoms with E-state index in [9.17, 15) is 13.2 Å². The molecule has 4 aromatic rings. The fraction of sp³-hybridized carbons (Fsp3) is 0.300. The van der Waals surface area contributed by atoms with E-state index in [2.05, 4.69) is 66.9 Å². The van der Waals surface area contributed by atoms with Crippen molar-refractivity contribution < 1.29 is 13.2 Å². The van der Waals surface area contributed by atoms with Gasteiger partial charge >= 0.3 is 0 Å². The zero-order chi connectivity index (χ0) is 25.4. The maximum atomic E-state index is 13.3. The minimum atomic E-state index is -3.59. The number of Topliss-reactive ketones (excluding diaryl/α,β-unsaturated/α-hetero) is 1. The molecular formula is C30H32N2O3S. The molecule has 36 heavy (non-hydrogen) atoms. The molecule has 0 bridgehead atoms. The average Bonchev–Trinajstić information content (AvgIpc) is 3.16. The third-order valence-corrected chi connectivity index (χ3v) is 9.54. The molecule has 0 aliphatic carbocycles. The van der Waals surface area contributed by atoms with Gasteiger partial charge in [-0.2, -0.15) is 4.31 Å². The van der Waals surface area contributed by atoms with Gasteiger partial charge in [0.25, 0.3) is 0 Å². The molecule has 0 amide bonds. The quantitative estimate of drug-likeness (QED) is 0.302. The van der Waals surface area contributed by atoms with E-state index in [0.717, 1.165) is 19.4 Å². The Morgan fingerprint density at radius 3 is 2.19 bits per heavy atom. The lowest BCUT2D eigenvalue weighted by Gasteiger charge is -2.31. The number of carbonyl (C=O) groups is 1. The molecule has 0 N–H and O–H groups in total. The third-order valence-electron chi connectivity index (χ3n) is 7.63. The van der Waals surface area contributed by atoms with Crippen LogP contribution in [0.15, 0.2) is 77.7 Å². The highest BCUT2D eigenvalue weighted by Gasteiger charge is 2.32. The van der Waals surface area contributed by atoms with Crippen LogP contribution in [0.2, 0.25) is 0 Å². The molecule has 1 aliphatic heterocycles. The van der Waals surface area contributed by atoms with E-state index in [-0.39, 0.29) is 10.7 Å². The predicted molar refractivity (Wildman–Crippen MR) is 144 cm³/mol. The largest absolute Gasteiger partial charge is 0.340 e. The van der Waals surface area contributed by atoms with Gasteiger partial charge in [0.15, 0.2) is 5.78 Å². The standard InChI is InChI=1S/C30H32N2O3S/c1-21-8-4-5-9-26(21)20-32-22(2)30(28-10-6-7-11-29(28)32)25-16-18-31(19-17-25)36(34,35)27-14-12-24(13-15-27)23(3)33/h4-15,25H,16-20H2,1-3H3. The first-order valence-electron chi connectivity index (χ1n) is 12.5.